The van der Waals surface area contributed by atoms with Gasteiger partial charge in [0.05, 0.1) is 37.8 Å². The van der Waals surface area contributed by atoms with E-state index in [0.29, 0.717) is 28.2 Å². The second-order valence-corrected chi connectivity index (χ2v) is 6.38. The lowest BCUT2D eigenvalue weighted by Crippen LogP contribution is -2.44. The number of nitrogens with one attached hydrogen (secondary N) is 1. The zero-order valence-electron chi connectivity index (χ0n) is 15.7. The number of aliphatic hydroxyl groups is 1. The van der Waals surface area contributed by atoms with Gasteiger partial charge >= 0.3 is 0 Å². The van der Waals surface area contributed by atoms with Gasteiger partial charge in [-0.15, -0.1) is 0 Å². The van der Waals surface area contributed by atoms with E-state index >= 15 is 0 Å². The Balaban J connectivity index is 2.42. The highest BCUT2D eigenvalue weighted by Crippen LogP contribution is 2.30. The van der Waals surface area contributed by atoms with E-state index in [1.54, 1.807) is 19.1 Å². The van der Waals surface area contributed by atoms with Crippen molar-refractivity contribution >= 4 is 16.8 Å². The van der Waals surface area contributed by atoms with Crippen molar-refractivity contribution in [2.24, 2.45) is 5.92 Å². The smallest absolute Gasteiger partial charge is 0.262 e. The van der Waals surface area contributed by atoms with Gasteiger partial charge in [-0.1, -0.05) is 13.8 Å². The Bertz CT molecular complexity index is 860. The molecule has 1 heterocycles. The summed E-state index contributed by atoms with van der Waals surface area (Å²) < 4.78 is 11.8. The number of rotatable bonds is 7. The summed E-state index contributed by atoms with van der Waals surface area (Å²) in [7, 11) is 2.99. The molecule has 0 saturated carbocycles. The van der Waals surface area contributed by atoms with Crippen LogP contribution in [0.1, 0.15) is 19.7 Å². The fraction of sp³-hybridized carbons (Fsp3) is 0.500. The zero-order valence-corrected chi connectivity index (χ0v) is 15.7. The first-order valence-corrected chi connectivity index (χ1v) is 8.35. The molecule has 0 saturated heterocycles. The summed E-state index contributed by atoms with van der Waals surface area (Å²) >= 11 is 0. The minimum atomic E-state index is -0.365. The lowest BCUT2D eigenvalue weighted by Gasteiger charge is -2.20. The van der Waals surface area contributed by atoms with E-state index < -0.39 is 0 Å². The molecule has 0 aliphatic heterocycles. The van der Waals surface area contributed by atoms with E-state index in [1.807, 2.05) is 13.8 Å². The van der Waals surface area contributed by atoms with Crippen LogP contribution in [0.4, 0.5) is 0 Å². The lowest BCUT2D eigenvalue weighted by atomic mass is 10.1. The number of hydrogen-bond donors (Lipinski definition) is 2. The molecule has 0 fully saturated rings. The van der Waals surface area contributed by atoms with Gasteiger partial charge in [-0.3, -0.25) is 14.2 Å². The number of aryl methyl sites for hydroxylation is 1. The minimum absolute atomic E-state index is 0.0771. The Morgan fingerprint density at radius 1 is 1.27 bits per heavy atom. The standard InChI is InChI=1S/C18H25N3O5/c1-10(2)14(9-22)20-17(23)8-21-11(3)19-13-7-16(26-5)15(25-4)6-12(13)18(21)24/h6-7,10,14,22H,8-9H2,1-5H3,(H,20,23)/t14-/m1/s1. The Hall–Kier alpha value is -2.61. The maximum absolute atomic E-state index is 12.8. The van der Waals surface area contributed by atoms with Crippen molar-refractivity contribution in [3.63, 3.8) is 0 Å². The number of carbonyl (C=O) groups is 1. The van der Waals surface area contributed by atoms with Crippen LogP contribution in [0, 0.1) is 12.8 Å². The quantitative estimate of drug-likeness (QED) is 0.756. The first-order valence-electron chi connectivity index (χ1n) is 8.35. The number of ether oxygens (including phenoxy) is 2. The minimum Gasteiger partial charge on any atom is -0.493 e. The highest BCUT2D eigenvalue weighted by atomic mass is 16.5. The molecule has 1 atom stereocenters. The predicted molar refractivity (Wildman–Crippen MR) is 97.7 cm³/mol. The van der Waals surface area contributed by atoms with Crippen LogP contribution in [0.3, 0.4) is 0 Å². The van der Waals surface area contributed by atoms with E-state index in [4.69, 9.17) is 9.47 Å². The third kappa shape index (κ3) is 3.96. The van der Waals surface area contributed by atoms with Gasteiger partial charge in [0.15, 0.2) is 11.5 Å². The van der Waals surface area contributed by atoms with Crippen LogP contribution in [0.15, 0.2) is 16.9 Å². The number of aliphatic hydroxyl groups excluding tert-OH is 1. The lowest BCUT2D eigenvalue weighted by molar-refractivity contribution is -0.123. The number of amides is 1. The van der Waals surface area contributed by atoms with Crippen LogP contribution in [0.2, 0.25) is 0 Å². The Kier molecular flexibility index (Phi) is 6.20. The monoisotopic (exact) mass is 363 g/mol. The molecule has 142 valence electrons. The predicted octanol–water partition coefficient (Wildman–Crippen LogP) is 0.855. The Morgan fingerprint density at radius 3 is 2.42 bits per heavy atom. The largest absolute Gasteiger partial charge is 0.493 e. The van der Waals surface area contributed by atoms with Crippen LogP contribution in [-0.2, 0) is 11.3 Å². The molecule has 2 rings (SSSR count). The van der Waals surface area contributed by atoms with E-state index in [9.17, 15) is 14.7 Å². The van der Waals surface area contributed by atoms with Crippen molar-refractivity contribution < 1.29 is 19.4 Å². The highest BCUT2D eigenvalue weighted by Gasteiger charge is 2.18. The van der Waals surface area contributed by atoms with Gasteiger partial charge in [0.1, 0.15) is 12.4 Å². The molecule has 8 nitrogen and oxygen atoms in total. The number of nitrogens with zero attached hydrogens (tertiary/aromatic N) is 2. The van der Waals surface area contributed by atoms with Crippen LogP contribution in [-0.4, -0.2) is 47.4 Å². The molecule has 0 unspecified atom stereocenters. The maximum Gasteiger partial charge on any atom is 0.262 e. The van der Waals surface area contributed by atoms with Crippen molar-refractivity contribution in [1.29, 1.82) is 0 Å². The van der Waals surface area contributed by atoms with Crippen LogP contribution < -0.4 is 20.3 Å². The molecule has 2 aromatic rings. The molecule has 0 aliphatic rings. The number of methoxy groups -OCH3 is 2. The average Bonchev–Trinajstić information content (AvgIpc) is 2.61. The number of benzene rings is 1. The number of carbonyl (C=O) groups excluding carboxylic acids is 1. The van der Waals surface area contributed by atoms with Gasteiger partial charge in [0, 0.05) is 6.07 Å². The van der Waals surface area contributed by atoms with E-state index in [2.05, 4.69) is 10.3 Å². The summed E-state index contributed by atoms with van der Waals surface area (Å²) in [6, 6.07) is 2.83. The first-order chi connectivity index (χ1) is 12.3. The fourth-order valence-electron chi connectivity index (χ4n) is 2.66. The Morgan fingerprint density at radius 2 is 1.88 bits per heavy atom. The van der Waals surface area contributed by atoms with Crippen molar-refractivity contribution in [2.75, 3.05) is 20.8 Å². The van der Waals surface area contributed by atoms with Gasteiger partial charge in [-0.2, -0.15) is 0 Å². The normalized spacial score (nSPS) is 12.3. The molecule has 1 amide bonds. The fourth-order valence-corrected chi connectivity index (χ4v) is 2.66. The van der Waals surface area contributed by atoms with Gasteiger partial charge in [0.2, 0.25) is 5.91 Å². The number of hydrogen-bond acceptors (Lipinski definition) is 6. The summed E-state index contributed by atoms with van der Waals surface area (Å²) in [5.41, 5.74) is 0.130. The summed E-state index contributed by atoms with van der Waals surface area (Å²) in [5.74, 6) is 1.02. The van der Waals surface area contributed by atoms with E-state index in [1.165, 1.54) is 18.8 Å². The van der Waals surface area contributed by atoms with Crippen LogP contribution >= 0.6 is 0 Å². The summed E-state index contributed by atoms with van der Waals surface area (Å²) in [5, 5.41) is 12.4. The average molecular weight is 363 g/mol. The second-order valence-electron chi connectivity index (χ2n) is 6.38. The van der Waals surface area contributed by atoms with Crippen LogP contribution in [0.25, 0.3) is 10.9 Å². The van der Waals surface area contributed by atoms with Gasteiger partial charge in [0.25, 0.3) is 5.56 Å². The van der Waals surface area contributed by atoms with E-state index in [-0.39, 0.29) is 36.6 Å². The molecule has 0 aliphatic carbocycles. The van der Waals surface area contributed by atoms with E-state index in [0.717, 1.165) is 0 Å². The van der Waals surface area contributed by atoms with Crippen molar-refractivity contribution in [3.8, 4) is 11.5 Å². The molecular formula is C18H25N3O5. The topological polar surface area (TPSA) is 103 Å². The third-order valence-electron chi connectivity index (χ3n) is 4.30. The molecule has 0 bridgehead atoms. The van der Waals surface area contributed by atoms with Gasteiger partial charge in [-0.05, 0) is 18.9 Å². The summed E-state index contributed by atoms with van der Waals surface area (Å²) in [6.07, 6.45) is 0. The second kappa shape index (κ2) is 8.18. The molecule has 2 N–H and O–H groups in total. The molecular weight excluding hydrogens is 338 g/mol. The third-order valence-corrected chi connectivity index (χ3v) is 4.30. The first kappa shape index (κ1) is 19.7. The maximum atomic E-state index is 12.8. The number of fused-ring (bicyclic) bond motifs is 1. The molecule has 1 aromatic carbocycles. The Labute approximate surface area is 151 Å². The summed E-state index contributed by atoms with van der Waals surface area (Å²) in [6.45, 7) is 5.12. The van der Waals surface area contributed by atoms with Crippen molar-refractivity contribution in [2.45, 2.75) is 33.4 Å². The summed E-state index contributed by atoms with van der Waals surface area (Å²) in [4.78, 5) is 29.5. The van der Waals surface area contributed by atoms with Gasteiger partial charge < -0.3 is 19.9 Å². The van der Waals surface area contributed by atoms with Crippen molar-refractivity contribution in [1.82, 2.24) is 14.9 Å². The molecule has 0 radical (unpaired) electrons. The zero-order chi connectivity index (χ0) is 19.4. The van der Waals surface area contributed by atoms with Crippen LogP contribution in [0.5, 0.6) is 11.5 Å². The highest BCUT2D eigenvalue weighted by molar-refractivity contribution is 5.82. The molecule has 0 spiro atoms. The SMILES string of the molecule is COc1cc2nc(C)n(CC(=O)N[C@H](CO)C(C)C)c(=O)c2cc1OC. The molecule has 1 aromatic heterocycles. The van der Waals surface area contributed by atoms with Crippen molar-refractivity contribution in [3.05, 3.63) is 28.3 Å². The molecule has 26 heavy (non-hydrogen) atoms. The van der Waals surface area contributed by atoms with Gasteiger partial charge in [-0.25, -0.2) is 4.98 Å². The number of aromatic nitrogens is 2. The molecule has 8 heteroatoms.